The van der Waals surface area contributed by atoms with Crippen LogP contribution in [0.2, 0.25) is 0 Å². The van der Waals surface area contributed by atoms with E-state index >= 15 is 0 Å². The molecule has 3 atom stereocenters. The molecule has 0 amide bonds. The van der Waals surface area contributed by atoms with Gasteiger partial charge in [0, 0.05) is 36.0 Å². The van der Waals surface area contributed by atoms with Crippen molar-refractivity contribution in [2.24, 2.45) is 11.1 Å². The monoisotopic (exact) mass is 262 g/mol. The topological polar surface area (TPSA) is 40.2 Å². The molecule has 0 bridgehead atoms. The Morgan fingerprint density at radius 2 is 2.16 bits per heavy atom. The maximum atomic E-state index is 6.27. The molecule has 1 fully saturated rings. The number of aryl methyl sites for hydroxylation is 1. The van der Waals surface area contributed by atoms with E-state index in [1.807, 2.05) is 7.11 Å². The molecule has 0 aliphatic heterocycles. The molecular formula is C16H26N2O. The van der Waals surface area contributed by atoms with Gasteiger partial charge in [0.25, 0.3) is 0 Å². The van der Waals surface area contributed by atoms with Gasteiger partial charge in [0.1, 0.15) is 0 Å². The van der Waals surface area contributed by atoms with Gasteiger partial charge in [-0.2, -0.15) is 0 Å². The molecule has 0 spiro atoms. The van der Waals surface area contributed by atoms with E-state index < -0.39 is 0 Å². The van der Waals surface area contributed by atoms with Crippen LogP contribution in [0, 0.1) is 12.3 Å². The highest BCUT2D eigenvalue weighted by molar-refractivity contribution is 5.34. The lowest BCUT2D eigenvalue weighted by Gasteiger charge is -2.52. The molecule has 0 saturated heterocycles. The van der Waals surface area contributed by atoms with Gasteiger partial charge < -0.3 is 15.0 Å². The summed E-state index contributed by atoms with van der Waals surface area (Å²) in [4.78, 5) is 0. The van der Waals surface area contributed by atoms with Crippen molar-refractivity contribution in [3.05, 3.63) is 23.0 Å². The number of aromatic nitrogens is 1. The van der Waals surface area contributed by atoms with Crippen LogP contribution in [-0.2, 0) is 11.2 Å². The van der Waals surface area contributed by atoms with Crippen molar-refractivity contribution in [1.29, 1.82) is 0 Å². The van der Waals surface area contributed by atoms with E-state index in [0.717, 1.165) is 12.8 Å². The lowest BCUT2D eigenvalue weighted by atomic mass is 9.64. The second-order valence-electron chi connectivity index (χ2n) is 6.85. The molecule has 106 valence electrons. The van der Waals surface area contributed by atoms with Crippen LogP contribution in [0.25, 0.3) is 0 Å². The molecule has 1 saturated carbocycles. The molecule has 1 heterocycles. The highest BCUT2D eigenvalue weighted by Crippen LogP contribution is 2.53. The summed E-state index contributed by atoms with van der Waals surface area (Å²) >= 11 is 0. The molecule has 1 aromatic rings. The van der Waals surface area contributed by atoms with Crippen molar-refractivity contribution >= 4 is 0 Å². The normalized spacial score (nSPS) is 32.8. The van der Waals surface area contributed by atoms with Crippen LogP contribution in [0.5, 0.6) is 0 Å². The molecule has 19 heavy (non-hydrogen) atoms. The van der Waals surface area contributed by atoms with Gasteiger partial charge in [0.2, 0.25) is 0 Å². The molecular weight excluding hydrogens is 236 g/mol. The van der Waals surface area contributed by atoms with Crippen LogP contribution >= 0.6 is 0 Å². The number of rotatable bonds is 2. The van der Waals surface area contributed by atoms with Crippen LogP contribution < -0.4 is 5.73 Å². The Labute approximate surface area is 116 Å². The minimum Gasteiger partial charge on any atom is -0.381 e. The Morgan fingerprint density at radius 1 is 1.42 bits per heavy atom. The van der Waals surface area contributed by atoms with Crippen molar-refractivity contribution in [3.63, 3.8) is 0 Å². The second-order valence-corrected chi connectivity index (χ2v) is 6.85. The lowest BCUT2D eigenvalue weighted by molar-refractivity contribution is -0.113. The number of nitrogens with zero attached hydrogens (tertiary/aromatic N) is 1. The van der Waals surface area contributed by atoms with Gasteiger partial charge >= 0.3 is 0 Å². The van der Waals surface area contributed by atoms with E-state index in [2.05, 4.69) is 31.4 Å². The van der Waals surface area contributed by atoms with E-state index in [0.29, 0.717) is 12.1 Å². The Bertz CT molecular complexity index is 489. The highest BCUT2D eigenvalue weighted by atomic mass is 16.5. The smallest absolute Gasteiger partial charge is 0.0662 e. The number of hydrogen-bond acceptors (Lipinski definition) is 2. The summed E-state index contributed by atoms with van der Waals surface area (Å²) in [6.07, 6.45) is 5.04. The van der Waals surface area contributed by atoms with E-state index in [1.54, 1.807) is 0 Å². The fourth-order valence-corrected chi connectivity index (χ4v) is 4.10. The third-order valence-electron chi connectivity index (χ3n) is 5.42. The van der Waals surface area contributed by atoms with Gasteiger partial charge in [0.15, 0.2) is 0 Å². The number of nitrogens with two attached hydrogens (primary N) is 1. The fourth-order valence-electron chi connectivity index (χ4n) is 4.10. The van der Waals surface area contributed by atoms with Gasteiger partial charge in [-0.25, -0.2) is 0 Å². The minimum absolute atomic E-state index is 0.216. The summed E-state index contributed by atoms with van der Waals surface area (Å²) in [6, 6.07) is 3.12. The summed E-state index contributed by atoms with van der Waals surface area (Å²) < 4.78 is 8.16. The first kappa shape index (κ1) is 13.2. The lowest BCUT2D eigenvalue weighted by Crippen LogP contribution is -2.51. The average Bonchev–Trinajstić information content (AvgIpc) is 2.68. The third-order valence-corrected chi connectivity index (χ3v) is 5.42. The van der Waals surface area contributed by atoms with Gasteiger partial charge in [-0.15, -0.1) is 0 Å². The van der Waals surface area contributed by atoms with E-state index in [4.69, 9.17) is 10.5 Å². The zero-order valence-corrected chi connectivity index (χ0v) is 12.6. The summed E-state index contributed by atoms with van der Waals surface area (Å²) in [5.41, 5.74) is 10.7. The average molecular weight is 262 g/mol. The van der Waals surface area contributed by atoms with Crippen molar-refractivity contribution in [3.8, 4) is 0 Å². The number of hydrogen-bond donors (Lipinski definition) is 1. The first-order valence-corrected chi connectivity index (χ1v) is 7.45. The molecule has 0 aromatic carbocycles. The van der Waals surface area contributed by atoms with Crippen LogP contribution in [0.4, 0.5) is 0 Å². The molecule has 2 aliphatic rings. The number of methoxy groups -OCH3 is 1. The van der Waals surface area contributed by atoms with Gasteiger partial charge in [-0.1, -0.05) is 13.8 Å². The quantitative estimate of drug-likeness (QED) is 0.889. The SMILES string of the molecule is COC1CC(n2c(C)cc3c2CCCC3N)C1(C)C. The number of fused-ring (bicyclic) bond motifs is 1. The van der Waals surface area contributed by atoms with Crippen LogP contribution in [-0.4, -0.2) is 17.8 Å². The maximum absolute atomic E-state index is 6.27. The highest BCUT2D eigenvalue weighted by Gasteiger charge is 2.50. The number of ether oxygens (including phenoxy) is 1. The first-order chi connectivity index (χ1) is 8.96. The van der Waals surface area contributed by atoms with Gasteiger partial charge in [-0.3, -0.25) is 0 Å². The zero-order chi connectivity index (χ0) is 13.8. The van der Waals surface area contributed by atoms with Crippen LogP contribution in [0.1, 0.15) is 62.1 Å². The molecule has 3 rings (SSSR count). The fraction of sp³-hybridized carbons (Fsp3) is 0.750. The Balaban J connectivity index is 1.99. The largest absolute Gasteiger partial charge is 0.381 e. The molecule has 2 N–H and O–H groups in total. The van der Waals surface area contributed by atoms with Gasteiger partial charge in [0.05, 0.1) is 6.10 Å². The summed E-state index contributed by atoms with van der Waals surface area (Å²) in [6.45, 7) is 6.87. The molecule has 1 aromatic heterocycles. The molecule has 3 unspecified atom stereocenters. The zero-order valence-electron chi connectivity index (χ0n) is 12.6. The maximum Gasteiger partial charge on any atom is 0.0662 e. The Kier molecular flexibility index (Phi) is 3.02. The molecule has 3 nitrogen and oxygen atoms in total. The van der Waals surface area contributed by atoms with E-state index in [9.17, 15) is 0 Å². The molecule has 3 heteroatoms. The predicted octanol–water partition coefficient (Wildman–Crippen LogP) is 3.12. The van der Waals surface area contributed by atoms with Crippen LogP contribution in [0.15, 0.2) is 6.07 Å². The predicted molar refractivity (Wildman–Crippen MR) is 77.3 cm³/mol. The Morgan fingerprint density at radius 3 is 2.79 bits per heavy atom. The van der Waals surface area contributed by atoms with Crippen molar-refractivity contribution < 1.29 is 4.74 Å². The third kappa shape index (κ3) is 1.78. The van der Waals surface area contributed by atoms with E-state index in [1.165, 1.54) is 29.8 Å². The first-order valence-electron chi connectivity index (χ1n) is 7.45. The summed E-state index contributed by atoms with van der Waals surface area (Å²) in [5.74, 6) is 0. The molecule has 2 aliphatic carbocycles. The van der Waals surface area contributed by atoms with Crippen LogP contribution in [0.3, 0.4) is 0 Å². The second kappa shape index (κ2) is 4.35. The molecule has 0 radical (unpaired) electrons. The Hall–Kier alpha value is -0.800. The summed E-state index contributed by atoms with van der Waals surface area (Å²) in [5, 5.41) is 0. The van der Waals surface area contributed by atoms with E-state index in [-0.39, 0.29) is 11.5 Å². The minimum atomic E-state index is 0.216. The summed E-state index contributed by atoms with van der Waals surface area (Å²) in [7, 11) is 1.83. The van der Waals surface area contributed by atoms with Crippen molar-refractivity contribution in [2.75, 3.05) is 7.11 Å². The van der Waals surface area contributed by atoms with Gasteiger partial charge in [-0.05, 0) is 44.2 Å². The standard InChI is InChI=1S/C16H26N2O/c1-10-8-11-12(17)6-5-7-13(11)18(10)14-9-15(19-4)16(14,2)3/h8,12,14-15H,5-7,9,17H2,1-4H3. The van der Waals surface area contributed by atoms with Crippen molar-refractivity contribution in [2.45, 2.75) is 64.6 Å². The van der Waals surface area contributed by atoms with Crippen molar-refractivity contribution in [1.82, 2.24) is 4.57 Å².